The maximum absolute atomic E-state index is 13.3. The van der Waals surface area contributed by atoms with Gasteiger partial charge in [0.05, 0.1) is 28.7 Å². The fourth-order valence-corrected chi connectivity index (χ4v) is 5.14. The monoisotopic (exact) mass is 429 g/mol. The van der Waals surface area contributed by atoms with E-state index in [9.17, 15) is 9.90 Å². The SMILES string of the molecule is CCn1cnc2c(c(-c3ccccn3)c(-c3ccc(C4(N)CC(C)(O)C4)cc3)n2C)c1=O. The number of benzene rings is 1. The largest absolute Gasteiger partial charge is 0.390 e. The second-order valence-corrected chi connectivity index (χ2v) is 9.12. The lowest BCUT2D eigenvalue weighted by Crippen LogP contribution is -2.58. The van der Waals surface area contributed by atoms with E-state index in [1.54, 1.807) is 17.1 Å². The maximum Gasteiger partial charge on any atom is 0.263 e. The Balaban J connectivity index is 1.72. The number of pyridine rings is 1. The molecule has 1 aliphatic rings. The van der Waals surface area contributed by atoms with Crippen LogP contribution in [0.2, 0.25) is 0 Å². The van der Waals surface area contributed by atoms with Gasteiger partial charge in [0, 0.05) is 30.9 Å². The fraction of sp³-hybridized carbons (Fsp3) is 0.320. The van der Waals surface area contributed by atoms with Gasteiger partial charge in [0.2, 0.25) is 0 Å². The highest BCUT2D eigenvalue weighted by Gasteiger charge is 2.49. The molecule has 7 nitrogen and oxygen atoms in total. The molecule has 32 heavy (non-hydrogen) atoms. The summed E-state index contributed by atoms with van der Waals surface area (Å²) < 4.78 is 3.57. The first-order chi connectivity index (χ1) is 15.2. The van der Waals surface area contributed by atoms with Gasteiger partial charge in [0.25, 0.3) is 5.56 Å². The minimum Gasteiger partial charge on any atom is -0.390 e. The van der Waals surface area contributed by atoms with Crippen molar-refractivity contribution in [3.8, 4) is 22.5 Å². The Kier molecular flexibility index (Phi) is 4.58. The number of nitrogens with zero attached hydrogens (tertiary/aromatic N) is 4. The van der Waals surface area contributed by atoms with Crippen molar-refractivity contribution in [2.45, 2.75) is 44.4 Å². The Morgan fingerprint density at radius 1 is 1.12 bits per heavy atom. The Bertz CT molecular complexity index is 1360. The van der Waals surface area contributed by atoms with E-state index in [1.807, 2.05) is 67.9 Å². The van der Waals surface area contributed by atoms with Gasteiger partial charge in [-0.05, 0) is 49.9 Å². The van der Waals surface area contributed by atoms with Crippen LogP contribution >= 0.6 is 0 Å². The van der Waals surface area contributed by atoms with Crippen molar-refractivity contribution < 1.29 is 5.11 Å². The second kappa shape index (κ2) is 7.12. The van der Waals surface area contributed by atoms with Crippen molar-refractivity contribution in [1.82, 2.24) is 19.1 Å². The van der Waals surface area contributed by atoms with Crippen LogP contribution in [-0.4, -0.2) is 29.8 Å². The van der Waals surface area contributed by atoms with Gasteiger partial charge in [0.15, 0.2) is 0 Å². The van der Waals surface area contributed by atoms with Crippen molar-refractivity contribution in [3.63, 3.8) is 0 Å². The molecular weight excluding hydrogens is 402 g/mol. The molecule has 3 heterocycles. The lowest BCUT2D eigenvalue weighted by molar-refractivity contribution is -0.0738. The summed E-state index contributed by atoms with van der Waals surface area (Å²) in [6.07, 6.45) is 4.40. The van der Waals surface area contributed by atoms with Gasteiger partial charge < -0.3 is 15.4 Å². The molecule has 5 rings (SSSR count). The molecule has 0 saturated heterocycles. The summed E-state index contributed by atoms with van der Waals surface area (Å²) in [7, 11) is 1.92. The zero-order valence-corrected chi connectivity index (χ0v) is 18.5. The minimum atomic E-state index is -0.708. The summed E-state index contributed by atoms with van der Waals surface area (Å²) in [6, 6.07) is 13.8. The molecule has 0 amide bonds. The van der Waals surface area contributed by atoms with E-state index in [0.29, 0.717) is 30.4 Å². The van der Waals surface area contributed by atoms with E-state index in [1.165, 1.54) is 0 Å². The van der Waals surface area contributed by atoms with E-state index in [4.69, 9.17) is 5.73 Å². The molecule has 0 bridgehead atoms. The molecule has 1 fully saturated rings. The average molecular weight is 430 g/mol. The van der Waals surface area contributed by atoms with E-state index in [-0.39, 0.29) is 5.56 Å². The third-order valence-corrected chi connectivity index (χ3v) is 6.55. The van der Waals surface area contributed by atoms with Gasteiger partial charge in [-0.3, -0.25) is 14.3 Å². The summed E-state index contributed by atoms with van der Waals surface area (Å²) >= 11 is 0. The highest BCUT2D eigenvalue weighted by atomic mass is 16.3. The minimum absolute atomic E-state index is 0.0748. The van der Waals surface area contributed by atoms with Crippen molar-refractivity contribution in [2.75, 3.05) is 0 Å². The zero-order valence-electron chi connectivity index (χ0n) is 18.5. The van der Waals surface area contributed by atoms with Crippen LogP contribution in [0.15, 0.2) is 59.8 Å². The second-order valence-electron chi connectivity index (χ2n) is 9.12. The number of aryl methyl sites for hydroxylation is 2. The molecule has 0 atom stereocenters. The van der Waals surface area contributed by atoms with Gasteiger partial charge in [-0.15, -0.1) is 0 Å². The molecule has 0 unspecified atom stereocenters. The van der Waals surface area contributed by atoms with Gasteiger partial charge in [-0.25, -0.2) is 4.98 Å². The van der Waals surface area contributed by atoms with Crippen molar-refractivity contribution >= 4 is 11.0 Å². The van der Waals surface area contributed by atoms with Gasteiger partial charge in [0.1, 0.15) is 5.65 Å². The Morgan fingerprint density at radius 3 is 2.44 bits per heavy atom. The first kappa shape index (κ1) is 20.6. The summed E-state index contributed by atoms with van der Waals surface area (Å²) in [5.74, 6) is 0. The molecule has 1 aromatic carbocycles. The predicted octanol–water partition coefficient (Wildman–Crippen LogP) is 3.18. The van der Waals surface area contributed by atoms with Crippen LogP contribution in [0.4, 0.5) is 0 Å². The molecule has 1 aliphatic carbocycles. The molecule has 3 aromatic heterocycles. The first-order valence-electron chi connectivity index (χ1n) is 10.9. The summed E-state index contributed by atoms with van der Waals surface area (Å²) in [6.45, 7) is 4.29. The standard InChI is InChI=1S/C25H27N5O2/c1-4-30-15-28-22-20(23(30)31)19(18-7-5-6-12-27-18)21(29(22)3)16-8-10-17(11-9-16)25(26)13-24(2,32)14-25/h5-12,15,32H,4,13-14,26H2,1-3H3. The highest BCUT2D eigenvalue weighted by molar-refractivity contribution is 6.01. The lowest BCUT2D eigenvalue weighted by atomic mass is 9.63. The smallest absolute Gasteiger partial charge is 0.263 e. The van der Waals surface area contributed by atoms with E-state index >= 15 is 0 Å². The number of rotatable bonds is 4. The molecule has 0 aliphatic heterocycles. The van der Waals surface area contributed by atoms with Crippen LogP contribution in [0.5, 0.6) is 0 Å². The summed E-state index contributed by atoms with van der Waals surface area (Å²) in [5, 5.41) is 10.7. The third kappa shape index (κ3) is 3.08. The summed E-state index contributed by atoms with van der Waals surface area (Å²) in [5.41, 5.74) is 10.2. The zero-order chi connectivity index (χ0) is 22.7. The van der Waals surface area contributed by atoms with Crippen molar-refractivity contribution in [1.29, 1.82) is 0 Å². The predicted molar refractivity (Wildman–Crippen MR) is 125 cm³/mol. The number of aliphatic hydroxyl groups is 1. The first-order valence-corrected chi connectivity index (χ1v) is 10.9. The van der Waals surface area contributed by atoms with Crippen molar-refractivity contribution in [2.24, 2.45) is 12.8 Å². The van der Waals surface area contributed by atoms with Crippen LogP contribution in [0.3, 0.4) is 0 Å². The Labute approximate surface area is 186 Å². The van der Waals surface area contributed by atoms with Crippen LogP contribution < -0.4 is 11.3 Å². The number of hydrogen-bond donors (Lipinski definition) is 2. The fourth-order valence-electron chi connectivity index (χ4n) is 5.14. The lowest BCUT2D eigenvalue weighted by Gasteiger charge is -2.49. The molecule has 3 N–H and O–H groups in total. The summed E-state index contributed by atoms with van der Waals surface area (Å²) in [4.78, 5) is 22.4. The topological polar surface area (TPSA) is 99.0 Å². The molecule has 4 aromatic rings. The van der Waals surface area contributed by atoms with Crippen molar-refractivity contribution in [3.05, 3.63) is 70.9 Å². The van der Waals surface area contributed by atoms with E-state index in [2.05, 4.69) is 9.97 Å². The molecule has 0 spiro atoms. The van der Waals surface area contributed by atoms with E-state index in [0.717, 1.165) is 28.1 Å². The van der Waals surface area contributed by atoms with Crippen LogP contribution in [0.1, 0.15) is 32.3 Å². The Morgan fingerprint density at radius 2 is 1.84 bits per heavy atom. The quantitative estimate of drug-likeness (QED) is 0.519. The number of hydrogen-bond acceptors (Lipinski definition) is 5. The van der Waals surface area contributed by atoms with Crippen LogP contribution in [0.25, 0.3) is 33.5 Å². The Hall–Kier alpha value is -3.29. The molecular formula is C25H27N5O2. The highest BCUT2D eigenvalue weighted by Crippen LogP contribution is 2.46. The number of aromatic nitrogens is 4. The van der Waals surface area contributed by atoms with Gasteiger partial charge in [-0.1, -0.05) is 30.3 Å². The van der Waals surface area contributed by atoms with E-state index < -0.39 is 11.1 Å². The third-order valence-electron chi connectivity index (χ3n) is 6.55. The normalized spacial score (nSPS) is 22.8. The van der Waals surface area contributed by atoms with Crippen LogP contribution in [-0.2, 0) is 19.1 Å². The van der Waals surface area contributed by atoms with Crippen LogP contribution in [0, 0.1) is 0 Å². The molecule has 1 saturated carbocycles. The average Bonchev–Trinajstić information content (AvgIpc) is 3.06. The molecule has 0 radical (unpaired) electrons. The molecule has 164 valence electrons. The number of fused-ring (bicyclic) bond motifs is 1. The maximum atomic E-state index is 13.3. The molecule has 7 heteroatoms. The van der Waals surface area contributed by atoms with Gasteiger partial charge >= 0.3 is 0 Å². The number of nitrogens with two attached hydrogens (primary N) is 1. The van der Waals surface area contributed by atoms with Gasteiger partial charge in [-0.2, -0.15) is 0 Å².